The number of nitrogens with zero attached hydrogens (tertiary/aromatic N) is 3. The topological polar surface area (TPSA) is 73.1 Å². The smallest absolute Gasteiger partial charge is 0.272 e. The highest BCUT2D eigenvalue weighted by molar-refractivity contribution is 5.82. The van der Waals surface area contributed by atoms with Crippen LogP contribution in [0.15, 0.2) is 41.1 Å². The average molecular weight is 411 g/mol. The van der Waals surface area contributed by atoms with Crippen LogP contribution in [0.5, 0.6) is 0 Å². The second-order valence-electron chi connectivity index (χ2n) is 4.84. The molecule has 22 heavy (non-hydrogen) atoms. The highest BCUT2D eigenvalue weighted by Gasteiger charge is 2.17. The van der Waals surface area contributed by atoms with Gasteiger partial charge in [-0.3, -0.25) is 10.1 Å². The second-order valence-corrected chi connectivity index (χ2v) is 4.84. The lowest BCUT2D eigenvalue weighted by Gasteiger charge is -1.97. The van der Waals surface area contributed by atoms with Crippen LogP contribution >= 0.6 is 0 Å². The maximum atomic E-state index is 11.0. The van der Waals surface area contributed by atoms with Crippen molar-refractivity contribution < 1.29 is 37.9 Å². The van der Waals surface area contributed by atoms with Crippen molar-refractivity contribution in [2.75, 3.05) is 0 Å². The predicted octanol–water partition coefficient (Wildman–Crippen LogP) is -0.206. The molecule has 0 atom stereocenters. The number of hydrogen-bond donors (Lipinski definition) is 0. The number of nitro benzene ring substituents is 1. The molecular weight excluding hydrogens is 397 g/mol. The van der Waals surface area contributed by atoms with Crippen LogP contribution < -0.4 is 28.5 Å². The number of fused-ring (bicyclic) bond motifs is 1. The lowest BCUT2D eigenvalue weighted by atomic mass is 10.1. The van der Waals surface area contributed by atoms with E-state index < -0.39 is 4.92 Å². The highest BCUT2D eigenvalue weighted by Crippen LogP contribution is 2.30. The van der Waals surface area contributed by atoms with Crippen LogP contribution in [0.1, 0.15) is 12.5 Å². The molecule has 6 nitrogen and oxygen atoms in total. The number of non-ortho nitro benzene ring substituents is 1. The van der Waals surface area contributed by atoms with Crippen LogP contribution in [0.4, 0.5) is 5.69 Å². The zero-order chi connectivity index (χ0) is 15.0. The van der Waals surface area contributed by atoms with Gasteiger partial charge in [-0.2, -0.15) is 0 Å². The molecule has 0 aliphatic rings. The normalized spacial score (nSPS) is 10.5. The van der Waals surface area contributed by atoms with E-state index in [0.29, 0.717) is 23.4 Å². The van der Waals surface area contributed by atoms with Crippen molar-refractivity contribution in [1.82, 2.24) is 4.98 Å². The van der Waals surface area contributed by atoms with Crippen molar-refractivity contribution in [2.24, 2.45) is 7.05 Å². The Kier molecular flexibility index (Phi) is 4.74. The standard InChI is InChI=1S/C15H14N3O3.HI/c1-3-10-8-12(18(19)20)9-13-14(10)21-15(16-13)11-4-6-17(2)7-5-11;/h4-9H,3H2,1-2H3;1H/q+1;/p-1. The number of pyridine rings is 1. The number of nitro groups is 1. The van der Waals surface area contributed by atoms with Crippen molar-refractivity contribution in [3.8, 4) is 11.5 Å². The van der Waals surface area contributed by atoms with E-state index in [-0.39, 0.29) is 29.7 Å². The fourth-order valence-corrected chi connectivity index (χ4v) is 2.22. The van der Waals surface area contributed by atoms with E-state index in [9.17, 15) is 10.1 Å². The molecule has 0 fully saturated rings. The number of oxazole rings is 1. The minimum absolute atomic E-state index is 0. The minimum atomic E-state index is -0.407. The summed E-state index contributed by atoms with van der Waals surface area (Å²) < 4.78 is 7.72. The molecule has 3 aromatic rings. The Labute approximate surface area is 144 Å². The van der Waals surface area contributed by atoms with Crippen LogP contribution in [0, 0.1) is 10.1 Å². The molecule has 0 N–H and O–H groups in total. The molecule has 0 saturated carbocycles. The van der Waals surface area contributed by atoms with E-state index in [4.69, 9.17) is 4.42 Å². The summed E-state index contributed by atoms with van der Waals surface area (Å²) >= 11 is 0. The molecular formula is C15H14IN3O3. The Morgan fingerprint density at radius 3 is 2.59 bits per heavy atom. The lowest BCUT2D eigenvalue weighted by Crippen LogP contribution is -3.00. The van der Waals surface area contributed by atoms with Gasteiger partial charge in [0.25, 0.3) is 5.69 Å². The predicted molar refractivity (Wildman–Crippen MR) is 76.7 cm³/mol. The lowest BCUT2D eigenvalue weighted by molar-refractivity contribution is -0.671. The van der Waals surface area contributed by atoms with E-state index in [0.717, 1.165) is 11.1 Å². The largest absolute Gasteiger partial charge is 1.00 e. The van der Waals surface area contributed by atoms with Gasteiger partial charge in [-0.25, -0.2) is 9.55 Å². The van der Waals surface area contributed by atoms with Gasteiger partial charge in [0, 0.05) is 35.4 Å². The van der Waals surface area contributed by atoms with Gasteiger partial charge in [0.15, 0.2) is 18.0 Å². The van der Waals surface area contributed by atoms with Gasteiger partial charge < -0.3 is 28.4 Å². The number of halogens is 1. The first-order chi connectivity index (χ1) is 10.1. The van der Waals surface area contributed by atoms with Crippen molar-refractivity contribution in [3.05, 3.63) is 52.3 Å². The maximum Gasteiger partial charge on any atom is 0.272 e. The van der Waals surface area contributed by atoms with Gasteiger partial charge in [-0.1, -0.05) is 6.92 Å². The molecule has 2 aromatic heterocycles. The fourth-order valence-electron chi connectivity index (χ4n) is 2.22. The first-order valence-electron chi connectivity index (χ1n) is 6.62. The number of aromatic nitrogens is 2. The molecule has 0 radical (unpaired) electrons. The summed E-state index contributed by atoms with van der Waals surface area (Å²) in [4.78, 5) is 14.9. The van der Waals surface area contributed by atoms with Gasteiger partial charge in [-0.15, -0.1) is 0 Å². The summed E-state index contributed by atoms with van der Waals surface area (Å²) in [6.07, 6.45) is 4.44. The molecule has 0 saturated heterocycles. The molecule has 114 valence electrons. The number of benzene rings is 1. The first-order valence-corrected chi connectivity index (χ1v) is 6.62. The third kappa shape index (κ3) is 2.94. The molecule has 0 unspecified atom stereocenters. The molecule has 1 aromatic carbocycles. The van der Waals surface area contributed by atoms with E-state index in [1.165, 1.54) is 6.07 Å². The highest BCUT2D eigenvalue weighted by atomic mass is 127. The van der Waals surface area contributed by atoms with Crippen LogP contribution in [0.3, 0.4) is 0 Å². The van der Waals surface area contributed by atoms with E-state index in [1.807, 2.05) is 43.1 Å². The third-order valence-electron chi connectivity index (χ3n) is 3.37. The van der Waals surface area contributed by atoms with Crippen LogP contribution in [-0.2, 0) is 13.5 Å². The van der Waals surface area contributed by atoms with Crippen LogP contribution in [0.2, 0.25) is 0 Å². The van der Waals surface area contributed by atoms with E-state index in [1.54, 1.807) is 6.07 Å². The SMILES string of the molecule is CCc1cc([N+](=O)[O-])cc2nc(-c3cc[n+](C)cc3)oc12.[I-]. The molecule has 2 heterocycles. The fraction of sp³-hybridized carbons (Fsp3) is 0.200. The monoisotopic (exact) mass is 411 g/mol. The summed E-state index contributed by atoms with van der Waals surface area (Å²) in [5, 5.41) is 11.0. The van der Waals surface area contributed by atoms with Gasteiger partial charge in [-0.05, 0) is 6.42 Å². The third-order valence-corrected chi connectivity index (χ3v) is 3.37. The summed E-state index contributed by atoms with van der Waals surface area (Å²) in [5.74, 6) is 0.473. The zero-order valence-corrected chi connectivity index (χ0v) is 14.3. The second kappa shape index (κ2) is 6.39. The van der Waals surface area contributed by atoms with Gasteiger partial charge >= 0.3 is 0 Å². The molecule has 3 rings (SSSR count). The number of hydrogen-bond acceptors (Lipinski definition) is 4. The summed E-state index contributed by atoms with van der Waals surface area (Å²) in [6.45, 7) is 1.93. The first kappa shape index (κ1) is 16.3. The molecule has 0 aliphatic carbocycles. The van der Waals surface area contributed by atoms with Gasteiger partial charge in [0.1, 0.15) is 12.6 Å². The minimum Gasteiger partial charge on any atom is -1.00 e. The van der Waals surface area contributed by atoms with Gasteiger partial charge in [0.2, 0.25) is 5.89 Å². The summed E-state index contributed by atoms with van der Waals surface area (Å²) in [7, 11) is 1.92. The zero-order valence-electron chi connectivity index (χ0n) is 12.1. The Morgan fingerprint density at radius 2 is 2.00 bits per heavy atom. The van der Waals surface area contributed by atoms with Crippen molar-refractivity contribution in [3.63, 3.8) is 0 Å². The van der Waals surface area contributed by atoms with Gasteiger partial charge in [0.05, 0.1) is 4.92 Å². The van der Waals surface area contributed by atoms with Crippen molar-refractivity contribution in [1.29, 1.82) is 0 Å². The summed E-state index contributed by atoms with van der Waals surface area (Å²) in [6, 6.07) is 6.78. The summed E-state index contributed by atoms with van der Waals surface area (Å²) in [5.41, 5.74) is 2.81. The number of aryl methyl sites for hydroxylation is 2. The molecule has 0 amide bonds. The van der Waals surface area contributed by atoms with E-state index >= 15 is 0 Å². The van der Waals surface area contributed by atoms with Crippen LogP contribution in [0.25, 0.3) is 22.6 Å². The molecule has 7 heteroatoms. The quantitative estimate of drug-likeness (QED) is 0.259. The Hall–Kier alpha value is -2.03. The van der Waals surface area contributed by atoms with Crippen molar-refractivity contribution >= 4 is 16.8 Å². The Morgan fingerprint density at radius 1 is 1.32 bits per heavy atom. The molecule has 0 bridgehead atoms. The van der Waals surface area contributed by atoms with Crippen molar-refractivity contribution in [2.45, 2.75) is 13.3 Å². The Bertz CT molecular complexity index is 828. The van der Waals surface area contributed by atoms with E-state index in [2.05, 4.69) is 4.98 Å². The molecule has 0 spiro atoms. The van der Waals surface area contributed by atoms with Crippen LogP contribution in [-0.4, -0.2) is 9.91 Å². The average Bonchev–Trinajstić information content (AvgIpc) is 2.90. The molecule has 0 aliphatic heterocycles. The number of rotatable bonds is 3. The Balaban J connectivity index is 0.00000176. The maximum absolute atomic E-state index is 11.0.